The molecule has 0 saturated carbocycles. The van der Waals surface area contributed by atoms with Gasteiger partial charge >= 0.3 is 5.97 Å². The van der Waals surface area contributed by atoms with Gasteiger partial charge in [-0.3, -0.25) is 9.59 Å². The van der Waals surface area contributed by atoms with Gasteiger partial charge in [-0.2, -0.15) is 0 Å². The molecule has 0 saturated heterocycles. The maximum atomic E-state index is 11.7. The second-order valence-corrected chi connectivity index (χ2v) is 4.85. The van der Waals surface area contributed by atoms with E-state index in [0.717, 1.165) is 0 Å². The van der Waals surface area contributed by atoms with Crippen LogP contribution >= 0.6 is 15.9 Å². The topological polar surface area (TPSA) is 46.6 Å². The van der Waals surface area contributed by atoms with E-state index >= 15 is 0 Å². The van der Waals surface area contributed by atoms with E-state index in [0.29, 0.717) is 6.61 Å². The molecule has 0 bridgehead atoms. The Morgan fingerprint density at radius 1 is 1.33 bits per heavy atom. The third-order valence-electron chi connectivity index (χ3n) is 1.85. The molecule has 0 aromatic rings. The third kappa shape index (κ3) is 5.16. The van der Waals surface area contributed by atoms with E-state index in [4.69, 9.17) is 4.74 Å². The first-order valence-corrected chi connectivity index (χ1v) is 5.91. The normalized spacial score (nSPS) is 12.4. The van der Waals surface area contributed by atoms with Crippen molar-refractivity contribution in [3.8, 4) is 0 Å². The van der Waals surface area contributed by atoms with Gasteiger partial charge in [-0.05, 0) is 27.7 Å². The van der Waals surface area contributed by atoms with Crippen LogP contribution in [0.5, 0.6) is 0 Å². The quantitative estimate of drug-likeness (QED) is 0.567. The molecular formula is C10H18BrNO3. The Labute approximate surface area is 99.1 Å². The molecular weight excluding hydrogens is 262 g/mol. The Morgan fingerprint density at radius 3 is 2.20 bits per heavy atom. The minimum Gasteiger partial charge on any atom is -0.465 e. The lowest BCUT2D eigenvalue weighted by molar-refractivity contribution is -0.149. The van der Waals surface area contributed by atoms with Crippen molar-refractivity contribution in [3.63, 3.8) is 0 Å². The van der Waals surface area contributed by atoms with Crippen LogP contribution in [-0.4, -0.2) is 40.8 Å². The van der Waals surface area contributed by atoms with Gasteiger partial charge < -0.3 is 9.64 Å². The molecule has 0 heterocycles. The minimum absolute atomic E-state index is 0.0121. The average molecular weight is 280 g/mol. The van der Waals surface area contributed by atoms with Gasteiger partial charge in [0.05, 0.1) is 11.4 Å². The number of ether oxygens (including phenoxy) is 1. The van der Waals surface area contributed by atoms with Crippen molar-refractivity contribution in [1.29, 1.82) is 0 Å². The van der Waals surface area contributed by atoms with Gasteiger partial charge in [0.15, 0.2) is 0 Å². The lowest BCUT2D eigenvalue weighted by Gasteiger charge is -2.26. The number of nitrogens with zero attached hydrogens (tertiary/aromatic N) is 1. The second-order valence-electron chi connectivity index (χ2n) is 3.48. The minimum atomic E-state index is -0.368. The Hall–Kier alpha value is -0.580. The standard InChI is InChI=1S/C10H18BrNO3/c1-5-15-9(13)6-12(7(2)3)10(14)8(4)11/h7-8H,5-6H2,1-4H3. The molecule has 0 spiro atoms. The maximum absolute atomic E-state index is 11.7. The van der Waals surface area contributed by atoms with Crippen LogP contribution in [0.25, 0.3) is 0 Å². The number of hydrogen-bond donors (Lipinski definition) is 0. The van der Waals surface area contributed by atoms with Gasteiger partial charge in [0.2, 0.25) is 5.91 Å². The van der Waals surface area contributed by atoms with E-state index in [2.05, 4.69) is 15.9 Å². The van der Waals surface area contributed by atoms with Crippen LogP contribution in [0.3, 0.4) is 0 Å². The summed E-state index contributed by atoms with van der Waals surface area (Å²) < 4.78 is 4.80. The van der Waals surface area contributed by atoms with Crippen molar-refractivity contribution in [1.82, 2.24) is 4.90 Å². The molecule has 1 atom stereocenters. The summed E-state index contributed by atoms with van der Waals surface area (Å²) in [6, 6.07) is -0.0121. The first kappa shape index (κ1) is 14.4. The largest absolute Gasteiger partial charge is 0.465 e. The van der Waals surface area contributed by atoms with Gasteiger partial charge in [-0.25, -0.2) is 0 Å². The van der Waals surface area contributed by atoms with E-state index in [9.17, 15) is 9.59 Å². The fourth-order valence-electron chi connectivity index (χ4n) is 1.09. The molecule has 0 aromatic carbocycles. The van der Waals surface area contributed by atoms with Gasteiger partial charge in [0, 0.05) is 6.04 Å². The number of halogens is 1. The maximum Gasteiger partial charge on any atom is 0.325 e. The molecule has 15 heavy (non-hydrogen) atoms. The van der Waals surface area contributed by atoms with Crippen LogP contribution in [0, 0.1) is 0 Å². The molecule has 88 valence electrons. The summed E-state index contributed by atoms with van der Waals surface area (Å²) >= 11 is 3.19. The fourth-order valence-corrected chi connectivity index (χ4v) is 1.35. The highest BCUT2D eigenvalue weighted by Gasteiger charge is 2.23. The average Bonchev–Trinajstić information content (AvgIpc) is 2.13. The lowest BCUT2D eigenvalue weighted by atomic mass is 10.3. The van der Waals surface area contributed by atoms with E-state index in [-0.39, 0.29) is 29.3 Å². The molecule has 1 amide bonds. The van der Waals surface area contributed by atoms with E-state index in [1.165, 1.54) is 4.90 Å². The molecule has 0 aromatic heterocycles. The molecule has 4 nitrogen and oxygen atoms in total. The lowest BCUT2D eigenvalue weighted by Crippen LogP contribution is -2.44. The summed E-state index contributed by atoms with van der Waals surface area (Å²) in [5.74, 6) is -0.467. The molecule has 0 rings (SSSR count). The van der Waals surface area contributed by atoms with Crippen LogP contribution in [0.15, 0.2) is 0 Å². The number of rotatable bonds is 5. The molecule has 0 aliphatic rings. The van der Waals surface area contributed by atoms with E-state index in [1.807, 2.05) is 13.8 Å². The first-order valence-electron chi connectivity index (χ1n) is 5.00. The Bertz CT molecular complexity index is 229. The first-order chi connectivity index (χ1) is 6.90. The molecule has 0 aliphatic heterocycles. The summed E-state index contributed by atoms with van der Waals surface area (Å²) in [5.41, 5.74) is 0. The number of hydrogen-bond acceptors (Lipinski definition) is 3. The fraction of sp³-hybridized carbons (Fsp3) is 0.800. The van der Waals surface area contributed by atoms with Crippen LogP contribution in [0.2, 0.25) is 0 Å². The zero-order chi connectivity index (χ0) is 12.0. The number of carbonyl (C=O) groups excluding carboxylic acids is 2. The monoisotopic (exact) mass is 279 g/mol. The van der Waals surface area contributed by atoms with Crippen LogP contribution in [-0.2, 0) is 14.3 Å². The van der Waals surface area contributed by atoms with Crippen LogP contribution in [0.1, 0.15) is 27.7 Å². The predicted molar refractivity (Wildman–Crippen MR) is 61.9 cm³/mol. The molecule has 1 unspecified atom stereocenters. The van der Waals surface area contributed by atoms with Crippen LogP contribution in [0.4, 0.5) is 0 Å². The number of amides is 1. The van der Waals surface area contributed by atoms with Gasteiger partial charge in [0.1, 0.15) is 6.54 Å². The Balaban J connectivity index is 4.41. The highest BCUT2D eigenvalue weighted by Crippen LogP contribution is 2.08. The second kappa shape index (κ2) is 6.82. The summed E-state index contributed by atoms with van der Waals surface area (Å²) in [6.07, 6.45) is 0. The van der Waals surface area contributed by atoms with Crippen molar-refractivity contribution >= 4 is 27.8 Å². The van der Waals surface area contributed by atoms with Crippen molar-refractivity contribution < 1.29 is 14.3 Å². The summed E-state index contributed by atoms with van der Waals surface area (Å²) in [7, 11) is 0. The van der Waals surface area contributed by atoms with E-state index < -0.39 is 0 Å². The number of carbonyl (C=O) groups is 2. The van der Waals surface area contributed by atoms with Crippen molar-refractivity contribution in [2.75, 3.05) is 13.2 Å². The highest BCUT2D eigenvalue weighted by atomic mass is 79.9. The highest BCUT2D eigenvalue weighted by molar-refractivity contribution is 9.10. The Morgan fingerprint density at radius 2 is 1.87 bits per heavy atom. The zero-order valence-electron chi connectivity index (χ0n) is 9.62. The third-order valence-corrected chi connectivity index (χ3v) is 2.24. The summed E-state index contributed by atoms with van der Waals surface area (Å²) in [4.78, 5) is 24.2. The van der Waals surface area contributed by atoms with Gasteiger partial charge in [-0.15, -0.1) is 0 Å². The SMILES string of the molecule is CCOC(=O)CN(C(=O)C(C)Br)C(C)C. The van der Waals surface area contributed by atoms with Gasteiger partial charge in [-0.1, -0.05) is 15.9 Å². The molecule has 0 fully saturated rings. The van der Waals surface area contributed by atoms with Crippen molar-refractivity contribution in [2.45, 2.75) is 38.6 Å². The molecule has 0 N–H and O–H groups in total. The molecule has 0 radical (unpaired) electrons. The summed E-state index contributed by atoms with van der Waals surface area (Å²) in [6.45, 7) is 7.57. The number of alkyl halides is 1. The van der Waals surface area contributed by atoms with Crippen molar-refractivity contribution in [3.05, 3.63) is 0 Å². The molecule has 5 heteroatoms. The predicted octanol–water partition coefficient (Wildman–Crippen LogP) is 1.57. The molecule has 0 aliphatic carbocycles. The van der Waals surface area contributed by atoms with Gasteiger partial charge in [0.25, 0.3) is 0 Å². The van der Waals surface area contributed by atoms with Crippen LogP contribution < -0.4 is 0 Å². The smallest absolute Gasteiger partial charge is 0.325 e. The van der Waals surface area contributed by atoms with Crippen molar-refractivity contribution in [2.24, 2.45) is 0 Å². The summed E-state index contributed by atoms with van der Waals surface area (Å²) in [5, 5.41) is 0. The van der Waals surface area contributed by atoms with E-state index in [1.54, 1.807) is 13.8 Å². The Kier molecular flexibility index (Phi) is 6.56. The number of esters is 1. The zero-order valence-corrected chi connectivity index (χ0v) is 11.2.